The van der Waals surface area contributed by atoms with E-state index in [1.165, 1.54) is 43.9 Å². The van der Waals surface area contributed by atoms with Gasteiger partial charge in [-0.05, 0) is 30.6 Å². The summed E-state index contributed by atoms with van der Waals surface area (Å²) in [6, 6.07) is 9.13. The molecule has 0 atom stereocenters. The molecule has 0 aromatic heterocycles. The molecule has 0 unspecified atom stereocenters. The molecule has 1 aromatic carbocycles. The van der Waals surface area contributed by atoms with Gasteiger partial charge in [-0.15, -0.1) is 0 Å². The van der Waals surface area contributed by atoms with E-state index in [0.29, 0.717) is 0 Å². The second-order valence-corrected chi connectivity index (χ2v) is 7.83. The van der Waals surface area contributed by atoms with E-state index >= 15 is 0 Å². The zero-order chi connectivity index (χ0) is 16.2. The average molecular weight is 303 g/mol. The highest BCUT2D eigenvalue weighted by atomic mass is 15.3. The van der Waals surface area contributed by atoms with Gasteiger partial charge in [0, 0.05) is 45.8 Å². The summed E-state index contributed by atoms with van der Waals surface area (Å²) in [5.74, 6) is 0. The van der Waals surface area contributed by atoms with Crippen molar-refractivity contribution in [2.45, 2.75) is 32.7 Å². The van der Waals surface area contributed by atoms with Crippen molar-refractivity contribution < 1.29 is 0 Å². The van der Waals surface area contributed by atoms with Gasteiger partial charge in [-0.25, -0.2) is 0 Å². The van der Waals surface area contributed by atoms with Crippen LogP contribution < -0.4 is 0 Å². The number of likely N-dealkylation sites (N-methyl/N-ethyl adjacent to an activating group) is 2. The van der Waals surface area contributed by atoms with Gasteiger partial charge in [-0.3, -0.25) is 4.90 Å². The summed E-state index contributed by atoms with van der Waals surface area (Å²) < 4.78 is 0. The summed E-state index contributed by atoms with van der Waals surface area (Å²) in [5.41, 5.74) is 3.07. The third-order valence-corrected chi connectivity index (χ3v) is 4.67. The van der Waals surface area contributed by atoms with Crippen molar-refractivity contribution in [3.05, 3.63) is 35.4 Å². The summed E-state index contributed by atoms with van der Waals surface area (Å²) in [6.07, 6.45) is 0. The lowest BCUT2D eigenvalue weighted by Gasteiger charge is -2.33. The minimum absolute atomic E-state index is 0.242. The highest BCUT2D eigenvalue weighted by Gasteiger charge is 2.15. The van der Waals surface area contributed by atoms with Crippen LogP contribution in [0.2, 0.25) is 0 Å². The number of hydrogen-bond acceptors (Lipinski definition) is 3. The molecule has 0 bridgehead atoms. The Morgan fingerprint density at radius 2 is 1.59 bits per heavy atom. The van der Waals surface area contributed by atoms with Crippen molar-refractivity contribution >= 4 is 0 Å². The molecule has 0 radical (unpaired) electrons. The number of rotatable bonds is 5. The Morgan fingerprint density at radius 1 is 1.00 bits per heavy atom. The topological polar surface area (TPSA) is 9.72 Å². The summed E-state index contributed by atoms with van der Waals surface area (Å²) >= 11 is 0. The molecule has 0 amide bonds. The molecule has 1 aliphatic heterocycles. The summed E-state index contributed by atoms with van der Waals surface area (Å²) in [6.45, 7) is 15.0. The number of piperazine rings is 1. The Bertz CT molecular complexity index is 439. The molecule has 1 aromatic rings. The van der Waals surface area contributed by atoms with Crippen LogP contribution in [-0.4, -0.2) is 68.1 Å². The lowest BCUT2D eigenvalue weighted by molar-refractivity contribution is 0.139. The van der Waals surface area contributed by atoms with Crippen LogP contribution in [0.5, 0.6) is 0 Å². The molecule has 0 aliphatic carbocycles. The van der Waals surface area contributed by atoms with Crippen molar-refractivity contribution in [1.29, 1.82) is 0 Å². The molecular formula is C19H33N3. The second-order valence-electron chi connectivity index (χ2n) is 7.83. The Balaban J connectivity index is 1.76. The third-order valence-electron chi connectivity index (χ3n) is 4.67. The molecule has 22 heavy (non-hydrogen) atoms. The van der Waals surface area contributed by atoms with Gasteiger partial charge in [0.25, 0.3) is 0 Å². The predicted octanol–water partition coefficient (Wildman–Crippen LogP) is 2.66. The first-order valence-corrected chi connectivity index (χ1v) is 8.53. The molecule has 0 N–H and O–H groups in total. The molecule has 0 saturated carbocycles. The molecule has 1 saturated heterocycles. The van der Waals surface area contributed by atoms with Gasteiger partial charge in [-0.1, -0.05) is 45.0 Å². The van der Waals surface area contributed by atoms with E-state index in [0.717, 1.165) is 13.1 Å². The molecule has 3 nitrogen and oxygen atoms in total. The molecule has 0 spiro atoms. The van der Waals surface area contributed by atoms with Crippen molar-refractivity contribution in [3.63, 3.8) is 0 Å². The predicted molar refractivity (Wildman–Crippen MR) is 95.4 cm³/mol. The van der Waals surface area contributed by atoms with Gasteiger partial charge in [0.2, 0.25) is 0 Å². The van der Waals surface area contributed by atoms with Crippen LogP contribution in [0, 0.1) is 0 Å². The van der Waals surface area contributed by atoms with Crippen LogP contribution in [-0.2, 0) is 12.0 Å². The van der Waals surface area contributed by atoms with Gasteiger partial charge in [0.05, 0.1) is 0 Å². The quantitative estimate of drug-likeness (QED) is 0.828. The molecule has 2 rings (SSSR count). The van der Waals surface area contributed by atoms with E-state index in [2.05, 4.69) is 73.8 Å². The third kappa shape index (κ3) is 5.38. The van der Waals surface area contributed by atoms with Gasteiger partial charge >= 0.3 is 0 Å². The molecule has 124 valence electrons. The molecular weight excluding hydrogens is 270 g/mol. The Morgan fingerprint density at radius 3 is 2.14 bits per heavy atom. The normalized spacial score (nSPS) is 18.1. The first kappa shape index (κ1) is 17.5. The van der Waals surface area contributed by atoms with E-state index in [9.17, 15) is 0 Å². The number of benzene rings is 1. The first-order chi connectivity index (χ1) is 10.3. The van der Waals surface area contributed by atoms with Gasteiger partial charge in [0.15, 0.2) is 0 Å². The Hall–Kier alpha value is -0.900. The smallest absolute Gasteiger partial charge is 0.0231 e. The van der Waals surface area contributed by atoms with Crippen molar-refractivity contribution in [2.75, 3.05) is 53.4 Å². The Kier molecular flexibility index (Phi) is 6.01. The zero-order valence-electron chi connectivity index (χ0n) is 15.1. The molecule has 1 aliphatic rings. The highest BCUT2D eigenvalue weighted by Crippen LogP contribution is 2.22. The molecule has 1 heterocycles. The highest BCUT2D eigenvalue weighted by molar-refractivity contribution is 5.27. The fraction of sp³-hybridized carbons (Fsp3) is 0.684. The summed E-state index contributed by atoms with van der Waals surface area (Å²) in [5, 5.41) is 0. The minimum atomic E-state index is 0.242. The van der Waals surface area contributed by atoms with E-state index in [-0.39, 0.29) is 5.41 Å². The van der Waals surface area contributed by atoms with Crippen LogP contribution >= 0.6 is 0 Å². The van der Waals surface area contributed by atoms with Crippen LogP contribution in [0.3, 0.4) is 0 Å². The maximum atomic E-state index is 2.58. The van der Waals surface area contributed by atoms with Crippen LogP contribution in [0.4, 0.5) is 0 Å². The molecule has 1 fully saturated rings. The Labute approximate surface area is 136 Å². The number of nitrogens with zero attached hydrogens (tertiary/aromatic N) is 3. The van der Waals surface area contributed by atoms with E-state index in [1.807, 2.05) is 0 Å². The van der Waals surface area contributed by atoms with Gasteiger partial charge in [-0.2, -0.15) is 0 Å². The van der Waals surface area contributed by atoms with Gasteiger partial charge < -0.3 is 9.80 Å². The SMILES string of the molecule is CN1CCN(CCN(C)Cc2ccc(C(C)(C)C)cc2)CC1. The van der Waals surface area contributed by atoms with E-state index in [1.54, 1.807) is 0 Å². The zero-order valence-corrected chi connectivity index (χ0v) is 15.1. The monoisotopic (exact) mass is 303 g/mol. The first-order valence-electron chi connectivity index (χ1n) is 8.53. The van der Waals surface area contributed by atoms with Crippen molar-refractivity contribution in [3.8, 4) is 0 Å². The lowest BCUT2D eigenvalue weighted by Crippen LogP contribution is -2.46. The lowest BCUT2D eigenvalue weighted by atomic mass is 9.87. The van der Waals surface area contributed by atoms with E-state index in [4.69, 9.17) is 0 Å². The number of hydrogen-bond donors (Lipinski definition) is 0. The van der Waals surface area contributed by atoms with E-state index < -0.39 is 0 Å². The van der Waals surface area contributed by atoms with Crippen molar-refractivity contribution in [1.82, 2.24) is 14.7 Å². The maximum absolute atomic E-state index is 2.58. The summed E-state index contributed by atoms with van der Waals surface area (Å²) in [7, 11) is 4.44. The van der Waals surface area contributed by atoms with Crippen LogP contribution in [0.1, 0.15) is 31.9 Å². The van der Waals surface area contributed by atoms with Crippen LogP contribution in [0.25, 0.3) is 0 Å². The standard InChI is InChI=1S/C19H33N3/c1-19(2,3)18-8-6-17(7-9-18)16-21(5)12-15-22-13-10-20(4)11-14-22/h6-9H,10-16H2,1-5H3. The minimum Gasteiger partial charge on any atom is -0.304 e. The summed E-state index contributed by atoms with van der Waals surface area (Å²) in [4.78, 5) is 7.43. The van der Waals surface area contributed by atoms with Crippen molar-refractivity contribution in [2.24, 2.45) is 0 Å². The molecule has 3 heteroatoms. The van der Waals surface area contributed by atoms with Crippen LogP contribution in [0.15, 0.2) is 24.3 Å². The fourth-order valence-electron chi connectivity index (χ4n) is 2.88. The van der Waals surface area contributed by atoms with Gasteiger partial charge in [0.1, 0.15) is 0 Å². The fourth-order valence-corrected chi connectivity index (χ4v) is 2.88. The second kappa shape index (κ2) is 7.58. The maximum Gasteiger partial charge on any atom is 0.0231 e. The average Bonchev–Trinajstić information content (AvgIpc) is 2.46. The largest absolute Gasteiger partial charge is 0.304 e.